The topological polar surface area (TPSA) is 93.7 Å². The molecule has 0 heterocycles. The summed E-state index contributed by atoms with van der Waals surface area (Å²) in [6.07, 6.45) is 4.36. The molecule has 0 spiro atoms. The summed E-state index contributed by atoms with van der Waals surface area (Å²) in [5.41, 5.74) is -0.0735. The van der Waals surface area contributed by atoms with Crippen LogP contribution < -0.4 is 10.6 Å². The van der Waals surface area contributed by atoms with Gasteiger partial charge in [-0.25, -0.2) is 9.59 Å². The van der Waals surface area contributed by atoms with Crippen molar-refractivity contribution < 1.29 is 23.9 Å². The van der Waals surface area contributed by atoms with E-state index in [1.807, 2.05) is 0 Å². The zero-order chi connectivity index (χ0) is 18.2. The third-order valence-corrected chi connectivity index (χ3v) is 2.47. The zero-order valence-electron chi connectivity index (χ0n) is 13.8. The lowest BCUT2D eigenvalue weighted by molar-refractivity contribution is -0.123. The summed E-state index contributed by atoms with van der Waals surface area (Å²) in [4.78, 5) is 34.9. The number of benzene rings is 1. The summed E-state index contributed by atoms with van der Waals surface area (Å²) < 4.78 is 9.99. The van der Waals surface area contributed by atoms with Gasteiger partial charge in [-0.2, -0.15) is 0 Å². The summed E-state index contributed by atoms with van der Waals surface area (Å²) >= 11 is 0. The second-order valence-electron chi connectivity index (χ2n) is 5.76. The van der Waals surface area contributed by atoms with E-state index in [2.05, 4.69) is 16.6 Å². The van der Waals surface area contributed by atoms with E-state index in [4.69, 9.17) is 15.9 Å². The van der Waals surface area contributed by atoms with E-state index in [9.17, 15) is 14.4 Å². The summed E-state index contributed by atoms with van der Waals surface area (Å²) in [6.45, 7) is 4.85. The SMILES string of the molecule is C#CCNC(=O)COC(=O)c1cccc(NC(=O)OC(C)(C)C)c1. The van der Waals surface area contributed by atoms with Crippen molar-refractivity contribution in [1.29, 1.82) is 0 Å². The molecule has 0 fully saturated rings. The standard InChI is InChI=1S/C17H20N2O5/c1-5-9-18-14(20)11-23-15(21)12-7-6-8-13(10-12)19-16(22)24-17(2,3)4/h1,6-8,10H,9,11H2,2-4H3,(H,18,20)(H,19,22). The van der Waals surface area contributed by atoms with Gasteiger partial charge in [0.2, 0.25) is 0 Å². The summed E-state index contributed by atoms with van der Waals surface area (Å²) in [5, 5.41) is 4.89. The van der Waals surface area contributed by atoms with E-state index >= 15 is 0 Å². The quantitative estimate of drug-likeness (QED) is 0.635. The lowest BCUT2D eigenvalue weighted by Gasteiger charge is -2.19. The number of carbonyl (C=O) groups excluding carboxylic acids is 3. The molecule has 0 aliphatic carbocycles. The van der Waals surface area contributed by atoms with E-state index in [-0.39, 0.29) is 12.1 Å². The summed E-state index contributed by atoms with van der Waals surface area (Å²) in [7, 11) is 0. The Bertz CT molecular complexity index is 656. The highest BCUT2D eigenvalue weighted by molar-refractivity contribution is 5.93. The third kappa shape index (κ3) is 7.31. The van der Waals surface area contributed by atoms with Crippen LogP contribution in [0.1, 0.15) is 31.1 Å². The molecule has 128 valence electrons. The van der Waals surface area contributed by atoms with Crippen LogP contribution >= 0.6 is 0 Å². The van der Waals surface area contributed by atoms with Gasteiger partial charge in [0.05, 0.1) is 12.1 Å². The van der Waals surface area contributed by atoms with Crippen molar-refractivity contribution in [2.45, 2.75) is 26.4 Å². The molecule has 2 amide bonds. The van der Waals surface area contributed by atoms with E-state index in [1.165, 1.54) is 12.1 Å². The van der Waals surface area contributed by atoms with Crippen LogP contribution in [-0.2, 0) is 14.3 Å². The smallest absolute Gasteiger partial charge is 0.412 e. The molecule has 0 saturated carbocycles. The van der Waals surface area contributed by atoms with Gasteiger partial charge in [-0.3, -0.25) is 10.1 Å². The number of terminal acetylenes is 1. The minimum Gasteiger partial charge on any atom is -0.452 e. The normalized spacial score (nSPS) is 10.2. The minimum absolute atomic E-state index is 0.0612. The van der Waals surface area contributed by atoms with Crippen LogP contribution in [0.3, 0.4) is 0 Å². The molecule has 0 saturated heterocycles. The predicted molar refractivity (Wildman–Crippen MR) is 88.4 cm³/mol. The number of hydrogen-bond donors (Lipinski definition) is 2. The van der Waals surface area contributed by atoms with Crippen LogP contribution in [0.4, 0.5) is 10.5 Å². The van der Waals surface area contributed by atoms with Crippen molar-refractivity contribution in [2.75, 3.05) is 18.5 Å². The van der Waals surface area contributed by atoms with Gasteiger partial charge < -0.3 is 14.8 Å². The summed E-state index contributed by atoms with van der Waals surface area (Å²) in [6, 6.07) is 6.09. The first-order chi connectivity index (χ1) is 11.2. The minimum atomic E-state index is -0.696. The van der Waals surface area contributed by atoms with Crippen molar-refractivity contribution in [3.8, 4) is 12.3 Å². The molecule has 1 rings (SSSR count). The Hall–Kier alpha value is -3.01. The van der Waals surface area contributed by atoms with Crippen LogP contribution in [0, 0.1) is 12.3 Å². The van der Waals surface area contributed by atoms with Crippen LogP contribution in [-0.4, -0.2) is 36.7 Å². The fourth-order valence-corrected chi connectivity index (χ4v) is 1.56. The number of esters is 1. The van der Waals surface area contributed by atoms with Crippen molar-refractivity contribution in [3.63, 3.8) is 0 Å². The van der Waals surface area contributed by atoms with Crippen molar-refractivity contribution >= 4 is 23.7 Å². The van der Waals surface area contributed by atoms with Gasteiger partial charge in [-0.15, -0.1) is 6.42 Å². The lowest BCUT2D eigenvalue weighted by atomic mass is 10.2. The molecule has 0 bridgehead atoms. The maximum absolute atomic E-state index is 11.9. The van der Waals surface area contributed by atoms with Crippen LogP contribution in [0.15, 0.2) is 24.3 Å². The lowest BCUT2D eigenvalue weighted by Crippen LogP contribution is -2.29. The van der Waals surface area contributed by atoms with Gasteiger partial charge >= 0.3 is 12.1 Å². The van der Waals surface area contributed by atoms with Gasteiger partial charge in [0, 0.05) is 5.69 Å². The van der Waals surface area contributed by atoms with Crippen molar-refractivity contribution in [3.05, 3.63) is 29.8 Å². The molecule has 0 atom stereocenters. The Labute approximate surface area is 140 Å². The zero-order valence-corrected chi connectivity index (χ0v) is 13.8. The molecular formula is C17H20N2O5. The van der Waals surface area contributed by atoms with Crippen LogP contribution in [0.2, 0.25) is 0 Å². The third-order valence-electron chi connectivity index (χ3n) is 2.47. The maximum Gasteiger partial charge on any atom is 0.412 e. The molecule has 2 N–H and O–H groups in total. The molecule has 7 heteroatoms. The fourth-order valence-electron chi connectivity index (χ4n) is 1.56. The second kappa shape index (κ2) is 8.58. The first-order valence-electron chi connectivity index (χ1n) is 7.18. The Morgan fingerprint density at radius 2 is 1.96 bits per heavy atom. The van der Waals surface area contributed by atoms with Gasteiger partial charge in [0.1, 0.15) is 5.60 Å². The number of carbonyl (C=O) groups is 3. The maximum atomic E-state index is 11.9. The first-order valence-corrected chi connectivity index (χ1v) is 7.18. The fraction of sp³-hybridized carbons (Fsp3) is 0.353. The van der Waals surface area contributed by atoms with Gasteiger partial charge in [0.25, 0.3) is 5.91 Å². The number of nitrogens with one attached hydrogen (secondary N) is 2. The average molecular weight is 332 g/mol. The summed E-state index contributed by atoms with van der Waals surface area (Å²) in [5.74, 6) is 1.04. The second-order valence-corrected chi connectivity index (χ2v) is 5.76. The van der Waals surface area contributed by atoms with E-state index in [1.54, 1.807) is 32.9 Å². The largest absolute Gasteiger partial charge is 0.452 e. The Morgan fingerprint density at radius 3 is 2.58 bits per heavy atom. The number of rotatable bonds is 5. The molecule has 0 radical (unpaired) electrons. The highest BCUT2D eigenvalue weighted by Crippen LogP contribution is 2.14. The molecular weight excluding hydrogens is 312 g/mol. The van der Waals surface area contributed by atoms with Gasteiger partial charge in [-0.1, -0.05) is 12.0 Å². The average Bonchev–Trinajstić information content (AvgIpc) is 2.48. The highest BCUT2D eigenvalue weighted by atomic mass is 16.6. The molecule has 24 heavy (non-hydrogen) atoms. The van der Waals surface area contributed by atoms with E-state index < -0.39 is 30.2 Å². The molecule has 0 aliphatic heterocycles. The molecule has 0 aromatic heterocycles. The van der Waals surface area contributed by atoms with Gasteiger partial charge in [-0.05, 0) is 39.0 Å². The van der Waals surface area contributed by atoms with E-state index in [0.29, 0.717) is 5.69 Å². The monoisotopic (exact) mass is 332 g/mol. The molecule has 0 unspecified atom stereocenters. The number of hydrogen-bond acceptors (Lipinski definition) is 5. The molecule has 0 aliphatic rings. The van der Waals surface area contributed by atoms with Crippen molar-refractivity contribution in [2.24, 2.45) is 0 Å². The van der Waals surface area contributed by atoms with Gasteiger partial charge in [0.15, 0.2) is 6.61 Å². The predicted octanol–water partition coefficient (Wildman–Crippen LogP) is 1.94. The Kier molecular flexibility index (Phi) is 6.80. The highest BCUT2D eigenvalue weighted by Gasteiger charge is 2.17. The Balaban J connectivity index is 2.61. The van der Waals surface area contributed by atoms with Crippen molar-refractivity contribution in [1.82, 2.24) is 5.32 Å². The van der Waals surface area contributed by atoms with Crippen LogP contribution in [0.25, 0.3) is 0 Å². The van der Waals surface area contributed by atoms with E-state index in [0.717, 1.165) is 0 Å². The number of anilines is 1. The molecule has 1 aromatic rings. The van der Waals surface area contributed by atoms with Crippen LogP contribution in [0.5, 0.6) is 0 Å². The Morgan fingerprint density at radius 1 is 1.25 bits per heavy atom. The molecule has 1 aromatic carbocycles. The number of amides is 2. The molecule has 7 nitrogen and oxygen atoms in total. The first kappa shape index (κ1) is 19.0. The number of ether oxygens (including phenoxy) is 2.